The number of alkyl halides is 1. The minimum atomic E-state index is -0.709. The summed E-state index contributed by atoms with van der Waals surface area (Å²) in [5.41, 5.74) is 0. The average molecular weight is 210 g/mol. The zero-order valence-electron chi connectivity index (χ0n) is 4.30. The fourth-order valence-corrected chi connectivity index (χ4v) is 0.260. The number of rotatable bonds is 3. The summed E-state index contributed by atoms with van der Waals surface area (Å²) >= 11 is 5.10. The summed E-state index contributed by atoms with van der Waals surface area (Å²) in [6.45, 7) is 0. The summed E-state index contributed by atoms with van der Waals surface area (Å²) < 4.78 is 0. The van der Waals surface area contributed by atoms with Crippen molar-refractivity contribution in [2.45, 2.75) is 12.5 Å². The Morgan fingerprint density at radius 2 is 2.25 bits per heavy atom. The van der Waals surface area contributed by atoms with Crippen molar-refractivity contribution >= 4 is 17.9 Å². The van der Waals surface area contributed by atoms with Crippen LogP contribution in [0.5, 0.6) is 0 Å². The van der Waals surface area contributed by atoms with Crippen molar-refractivity contribution in [2.75, 3.05) is 5.88 Å². The standard InChI is InChI=1S/C4H6ClO2.Y/c5-3-4(7)1-2-6;/h4,7H,1,3H2;/q-1;. The van der Waals surface area contributed by atoms with Crippen LogP contribution in [0.4, 0.5) is 0 Å². The van der Waals surface area contributed by atoms with Gasteiger partial charge < -0.3 is 9.90 Å². The molecule has 0 saturated heterocycles. The van der Waals surface area contributed by atoms with Crippen LogP contribution in [0.25, 0.3) is 0 Å². The van der Waals surface area contributed by atoms with Gasteiger partial charge in [-0.1, -0.05) is 0 Å². The molecule has 1 unspecified atom stereocenters. The van der Waals surface area contributed by atoms with Gasteiger partial charge in [-0.3, -0.25) is 6.29 Å². The molecule has 0 heterocycles. The molecule has 45 valence electrons. The Morgan fingerprint density at radius 3 is 2.38 bits per heavy atom. The van der Waals surface area contributed by atoms with Crippen LogP contribution in [0.3, 0.4) is 0 Å². The van der Waals surface area contributed by atoms with E-state index in [-0.39, 0.29) is 45.0 Å². The van der Waals surface area contributed by atoms with Crippen molar-refractivity contribution < 1.29 is 42.6 Å². The van der Waals surface area contributed by atoms with Crippen LogP contribution < -0.4 is 0 Å². The van der Waals surface area contributed by atoms with Gasteiger partial charge in [-0.15, -0.1) is 18.0 Å². The van der Waals surface area contributed by atoms with Crippen molar-refractivity contribution in [3.05, 3.63) is 0 Å². The number of halogens is 1. The second kappa shape index (κ2) is 8.02. The maximum Gasteiger partial charge on any atom is 0.0460 e. The van der Waals surface area contributed by atoms with E-state index < -0.39 is 6.10 Å². The summed E-state index contributed by atoms with van der Waals surface area (Å²) in [4.78, 5) is 9.43. The van der Waals surface area contributed by atoms with Crippen molar-refractivity contribution in [2.24, 2.45) is 0 Å². The van der Waals surface area contributed by atoms with Gasteiger partial charge in [-0.25, -0.2) is 0 Å². The molecule has 0 aliphatic carbocycles. The van der Waals surface area contributed by atoms with Crippen LogP contribution in [-0.4, -0.2) is 23.4 Å². The molecule has 1 atom stereocenters. The molecule has 0 spiro atoms. The fourth-order valence-electron chi connectivity index (χ4n) is 0.151. The molecule has 0 aliphatic heterocycles. The molecule has 4 heteroatoms. The van der Waals surface area contributed by atoms with Crippen LogP contribution in [-0.2, 0) is 37.5 Å². The van der Waals surface area contributed by atoms with Crippen LogP contribution in [0.2, 0.25) is 0 Å². The molecule has 8 heavy (non-hydrogen) atoms. The van der Waals surface area contributed by atoms with E-state index in [4.69, 9.17) is 16.7 Å². The third-order valence-electron chi connectivity index (χ3n) is 0.497. The van der Waals surface area contributed by atoms with Gasteiger partial charge in [-0.2, -0.15) is 0 Å². The van der Waals surface area contributed by atoms with Crippen molar-refractivity contribution in [1.82, 2.24) is 0 Å². The summed E-state index contributed by atoms with van der Waals surface area (Å²) in [6.07, 6.45) is 0.842. The minimum absolute atomic E-state index is 0. The van der Waals surface area contributed by atoms with Crippen molar-refractivity contribution in [1.29, 1.82) is 0 Å². The largest absolute Gasteiger partial charge is 0.542 e. The van der Waals surface area contributed by atoms with E-state index in [0.717, 1.165) is 0 Å². The molecule has 1 N–H and O–H groups in total. The minimum Gasteiger partial charge on any atom is -0.542 e. The van der Waals surface area contributed by atoms with Crippen LogP contribution in [0.15, 0.2) is 0 Å². The smallest absolute Gasteiger partial charge is 0.0460 e. The monoisotopic (exact) mass is 210 g/mol. The van der Waals surface area contributed by atoms with Gasteiger partial charge >= 0.3 is 0 Å². The third kappa shape index (κ3) is 7.02. The van der Waals surface area contributed by atoms with Crippen LogP contribution >= 0.6 is 11.6 Å². The second-order valence-corrected chi connectivity index (χ2v) is 1.47. The number of aliphatic hydroxyl groups excluding tert-OH is 1. The van der Waals surface area contributed by atoms with Gasteiger partial charge in [-0.05, 0) is 0 Å². The molecule has 0 amide bonds. The molecule has 1 radical (unpaired) electrons. The predicted octanol–water partition coefficient (Wildman–Crippen LogP) is 0.0834. The second-order valence-electron chi connectivity index (χ2n) is 1.16. The number of hydrogen-bond donors (Lipinski definition) is 1. The van der Waals surface area contributed by atoms with Crippen molar-refractivity contribution in [3.8, 4) is 0 Å². The normalized spacial score (nSPS) is 11.8. The number of aliphatic hydroxyl groups is 1. The van der Waals surface area contributed by atoms with E-state index in [1.807, 2.05) is 0 Å². The third-order valence-corrected chi connectivity index (χ3v) is 0.853. The first-order chi connectivity index (χ1) is 3.31. The Balaban J connectivity index is 0. The maximum atomic E-state index is 9.43. The summed E-state index contributed by atoms with van der Waals surface area (Å²) in [5, 5.41) is 8.46. The van der Waals surface area contributed by atoms with Gasteiger partial charge in [0.25, 0.3) is 0 Å². The Hall–Kier alpha value is 1.02. The Kier molecular flexibility index (Phi) is 11.8. The molecular weight excluding hydrogens is 204 g/mol. The van der Waals surface area contributed by atoms with Crippen molar-refractivity contribution in [3.63, 3.8) is 0 Å². The first-order valence-electron chi connectivity index (χ1n) is 1.90. The maximum absolute atomic E-state index is 9.43. The first-order valence-corrected chi connectivity index (χ1v) is 2.43. The zero-order valence-corrected chi connectivity index (χ0v) is 7.90. The van der Waals surface area contributed by atoms with Gasteiger partial charge in [0.1, 0.15) is 0 Å². The molecule has 0 aromatic rings. The van der Waals surface area contributed by atoms with E-state index in [1.54, 1.807) is 0 Å². The van der Waals surface area contributed by atoms with Crippen LogP contribution in [0.1, 0.15) is 6.42 Å². The Morgan fingerprint density at radius 1 is 1.75 bits per heavy atom. The molecule has 0 aromatic heterocycles. The van der Waals surface area contributed by atoms with Crippen LogP contribution in [0, 0.1) is 0 Å². The topological polar surface area (TPSA) is 37.3 Å². The molecule has 0 aromatic carbocycles. The fraction of sp³-hybridized carbons (Fsp3) is 0.750. The van der Waals surface area contributed by atoms with E-state index >= 15 is 0 Å². The number of hydrogen-bond acceptors (Lipinski definition) is 2. The van der Waals surface area contributed by atoms with Gasteiger partial charge in [0.15, 0.2) is 0 Å². The van der Waals surface area contributed by atoms with E-state index in [9.17, 15) is 4.79 Å². The number of carbonyl (C=O) groups excluding carboxylic acids is 1. The van der Waals surface area contributed by atoms with Gasteiger partial charge in [0.05, 0.1) is 0 Å². The molecule has 0 rings (SSSR count). The molecule has 0 aliphatic rings. The van der Waals surface area contributed by atoms with Gasteiger partial charge in [0, 0.05) is 44.7 Å². The molecule has 0 fully saturated rings. The molecular formula is C4H6ClO2Y-. The summed E-state index contributed by atoms with van der Waals surface area (Å²) in [5.74, 6) is 0.106. The van der Waals surface area contributed by atoms with E-state index in [1.165, 1.54) is 6.29 Å². The van der Waals surface area contributed by atoms with Gasteiger partial charge in [0.2, 0.25) is 0 Å². The zero-order chi connectivity index (χ0) is 5.70. The molecule has 0 bridgehead atoms. The molecule has 2 nitrogen and oxygen atoms in total. The Labute approximate surface area is 78.5 Å². The van der Waals surface area contributed by atoms with E-state index in [0.29, 0.717) is 0 Å². The summed E-state index contributed by atoms with van der Waals surface area (Å²) in [7, 11) is 0. The van der Waals surface area contributed by atoms with E-state index in [2.05, 4.69) is 0 Å². The summed E-state index contributed by atoms with van der Waals surface area (Å²) in [6, 6.07) is 0. The predicted molar refractivity (Wildman–Crippen MR) is 27.0 cm³/mol. The Bertz CT molecular complexity index is 60.0. The average Bonchev–Trinajstić information content (AvgIpc) is 1.68. The SMILES string of the molecule is O=[C-]CC(O)CCl.[Y]. The molecule has 0 saturated carbocycles. The first kappa shape index (κ1) is 11.8. The quantitative estimate of drug-likeness (QED) is 0.529.